The monoisotopic (exact) mass is 297 g/mol. The Bertz CT molecular complexity index is 598. The molecular weight excluding hydrogens is 274 g/mol. The number of anilines is 1. The minimum Gasteiger partial charge on any atom is -0.385 e. The van der Waals surface area contributed by atoms with Gasteiger partial charge in [-0.25, -0.2) is 0 Å². The summed E-state index contributed by atoms with van der Waals surface area (Å²) in [7, 11) is 1.86. The van der Waals surface area contributed by atoms with Crippen molar-refractivity contribution in [2.24, 2.45) is 0 Å². The zero-order valence-electron chi connectivity index (χ0n) is 13.2. The van der Waals surface area contributed by atoms with E-state index in [0.29, 0.717) is 13.0 Å². The van der Waals surface area contributed by atoms with Gasteiger partial charge in [0.25, 0.3) is 0 Å². The van der Waals surface area contributed by atoms with Gasteiger partial charge in [0.1, 0.15) is 0 Å². The number of pyridine rings is 1. The fourth-order valence-corrected chi connectivity index (χ4v) is 2.23. The highest BCUT2D eigenvalue weighted by Gasteiger charge is 2.08. The summed E-state index contributed by atoms with van der Waals surface area (Å²) in [5.41, 5.74) is 3.48. The number of aryl methyl sites for hydroxylation is 1. The molecule has 0 aliphatic heterocycles. The molecule has 0 spiro atoms. The number of amides is 1. The molecule has 0 saturated carbocycles. The van der Waals surface area contributed by atoms with Crippen molar-refractivity contribution in [2.45, 2.75) is 19.8 Å². The zero-order chi connectivity index (χ0) is 15.8. The molecule has 0 radical (unpaired) electrons. The van der Waals surface area contributed by atoms with E-state index in [1.54, 1.807) is 17.3 Å². The molecule has 116 valence electrons. The quantitative estimate of drug-likeness (QED) is 0.854. The molecule has 1 heterocycles. The molecule has 1 aromatic carbocycles. The summed E-state index contributed by atoms with van der Waals surface area (Å²) in [5, 5.41) is 3.29. The lowest BCUT2D eigenvalue weighted by Gasteiger charge is -2.17. The van der Waals surface area contributed by atoms with Gasteiger partial charge < -0.3 is 10.2 Å². The van der Waals surface area contributed by atoms with Crippen molar-refractivity contribution >= 4 is 11.6 Å². The number of hydrogen-bond donors (Lipinski definition) is 1. The number of likely N-dealkylation sites (N-methyl/N-ethyl adjacent to an activating group) is 1. The molecule has 1 aromatic heterocycles. The van der Waals surface area contributed by atoms with Crippen molar-refractivity contribution < 1.29 is 4.79 Å². The van der Waals surface area contributed by atoms with E-state index in [1.165, 1.54) is 11.1 Å². The topological polar surface area (TPSA) is 45.2 Å². The number of carbonyl (C=O) groups is 1. The normalized spacial score (nSPS) is 10.3. The first kappa shape index (κ1) is 16.0. The molecule has 22 heavy (non-hydrogen) atoms. The summed E-state index contributed by atoms with van der Waals surface area (Å²) in [4.78, 5) is 17.9. The molecule has 0 unspecified atom stereocenters. The van der Waals surface area contributed by atoms with Gasteiger partial charge in [0.05, 0.1) is 0 Å². The lowest BCUT2D eigenvalue weighted by molar-refractivity contribution is -0.129. The number of rotatable bonds is 7. The van der Waals surface area contributed by atoms with E-state index in [9.17, 15) is 4.79 Å². The van der Waals surface area contributed by atoms with Crippen molar-refractivity contribution in [3.63, 3.8) is 0 Å². The molecular formula is C18H23N3O. The third kappa shape index (κ3) is 5.20. The molecule has 4 heteroatoms. The van der Waals surface area contributed by atoms with E-state index in [2.05, 4.69) is 29.4 Å². The SMILES string of the molecule is Cc1cccc(NCCC(=O)N(C)CCc2ccncc2)c1. The maximum Gasteiger partial charge on any atom is 0.224 e. The molecule has 0 bridgehead atoms. The second-order valence-corrected chi connectivity index (χ2v) is 5.47. The van der Waals surface area contributed by atoms with E-state index in [-0.39, 0.29) is 5.91 Å². The highest BCUT2D eigenvalue weighted by Crippen LogP contribution is 2.09. The summed E-state index contributed by atoms with van der Waals surface area (Å²) in [5.74, 6) is 0.161. The second-order valence-electron chi connectivity index (χ2n) is 5.47. The van der Waals surface area contributed by atoms with Crippen molar-refractivity contribution in [1.29, 1.82) is 0 Å². The minimum absolute atomic E-state index is 0.161. The van der Waals surface area contributed by atoms with Crippen LogP contribution in [0.5, 0.6) is 0 Å². The van der Waals surface area contributed by atoms with Crippen LogP contribution in [0.4, 0.5) is 5.69 Å². The summed E-state index contributed by atoms with van der Waals surface area (Å²) < 4.78 is 0. The summed E-state index contributed by atoms with van der Waals surface area (Å²) in [6.45, 7) is 3.44. The third-order valence-corrected chi connectivity index (χ3v) is 3.60. The lowest BCUT2D eigenvalue weighted by Crippen LogP contribution is -2.30. The van der Waals surface area contributed by atoms with Crippen LogP contribution in [-0.2, 0) is 11.2 Å². The van der Waals surface area contributed by atoms with E-state index < -0.39 is 0 Å². The first-order valence-corrected chi connectivity index (χ1v) is 7.58. The fourth-order valence-electron chi connectivity index (χ4n) is 2.23. The largest absolute Gasteiger partial charge is 0.385 e. The molecule has 2 rings (SSSR count). The summed E-state index contributed by atoms with van der Waals surface area (Å²) >= 11 is 0. The minimum atomic E-state index is 0.161. The van der Waals surface area contributed by atoms with Crippen LogP contribution in [0.2, 0.25) is 0 Å². The van der Waals surface area contributed by atoms with Crippen LogP contribution in [0.15, 0.2) is 48.8 Å². The van der Waals surface area contributed by atoms with Crippen LogP contribution in [-0.4, -0.2) is 35.9 Å². The average Bonchev–Trinajstić information content (AvgIpc) is 2.53. The highest BCUT2D eigenvalue weighted by atomic mass is 16.2. The Labute approximate surface area is 132 Å². The highest BCUT2D eigenvalue weighted by molar-refractivity contribution is 5.76. The van der Waals surface area contributed by atoms with Crippen LogP contribution < -0.4 is 5.32 Å². The van der Waals surface area contributed by atoms with E-state index in [4.69, 9.17) is 0 Å². The van der Waals surface area contributed by atoms with Gasteiger partial charge in [-0.3, -0.25) is 9.78 Å². The van der Waals surface area contributed by atoms with Crippen LogP contribution in [0.25, 0.3) is 0 Å². The molecule has 1 amide bonds. The molecule has 4 nitrogen and oxygen atoms in total. The van der Waals surface area contributed by atoms with E-state index >= 15 is 0 Å². The smallest absolute Gasteiger partial charge is 0.224 e. The summed E-state index contributed by atoms with van der Waals surface area (Å²) in [6.07, 6.45) is 4.92. The molecule has 0 atom stereocenters. The second kappa shape index (κ2) is 8.17. The van der Waals surface area contributed by atoms with Crippen molar-refractivity contribution in [1.82, 2.24) is 9.88 Å². The average molecular weight is 297 g/mol. The van der Waals surface area contributed by atoms with Gasteiger partial charge in [0.2, 0.25) is 5.91 Å². The molecule has 0 aliphatic rings. The van der Waals surface area contributed by atoms with Crippen LogP contribution in [0.3, 0.4) is 0 Å². The summed E-state index contributed by atoms with van der Waals surface area (Å²) in [6, 6.07) is 12.1. The number of hydrogen-bond acceptors (Lipinski definition) is 3. The van der Waals surface area contributed by atoms with Crippen LogP contribution in [0, 0.1) is 6.92 Å². The van der Waals surface area contributed by atoms with Gasteiger partial charge in [0.15, 0.2) is 0 Å². The standard InChI is InChI=1S/C18H23N3O/c1-15-4-3-5-17(14-15)20-12-8-18(22)21(2)13-9-16-6-10-19-11-7-16/h3-7,10-11,14,20H,8-9,12-13H2,1-2H3. The number of benzene rings is 1. The van der Waals surface area contributed by atoms with Gasteiger partial charge in [-0.2, -0.15) is 0 Å². The van der Waals surface area contributed by atoms with Crippen molar-refractivity contribution in [3.05, 3.63) is 59.9 Å². The van der Waals surface area contributed by atoms with Gasteiger partial charge in [0, 0.05) is 44.6 Å². The molecule has 2 aromatic rings. The van der Waals surface area contributed by atoms with Gasteiger partial charge >= 0.3 is 0 Å². The Morgan fingerprint density at radius 2 is 2.00 bits per heavy atom. The predicted molar refractivity (Wildman–Crippen MR) is 89.9 cm³/mol. The number of nitrogens with one attached hydrogen (secondary N) is 1. The fraction of sp³-hybridized carbons (Fsp3) is 0.333. The molecule has 0 saturated heterocycles. The van der Waals surface area contributed by atoms with E-state index in [0.717, 1.165) is 18.7 Å². The van der Waals surface area contributed by atoms with Gasteiger partial charge in [-0.15, -0.1) is 0 Å². The zero-order valence-corrected chi connectivity index (χ0v) is 13.2. The van der Waals surface area contributed by atoms with Crippen molar-refractivity contribution in [2.75, 3.05) is 25.5 Å². The first-order valence-electron chi connectivity index (χ1n) is 7.58. The van der Waals surface area contributed by atoms with Crippen LogP contribution in [0.1, 0.15) is 17.5 Å². The maximum atomic E-state index is 12.1. The molecule has 0 fully saturated rings. The number of aromatic nitrogens is 1. The first-order chi connectivity index (χ1) is 10.6. The Kier molecular flexibility index (Phi) is 5.95. The Morgan fingerprint density at radius 3 is 2.73 bits per heavy atom. The Hall–Kier alpha value is -2.36. The number of nitrogens with zero attached hydrogens (tertiary/aromatic N) is 2. The van der Waals surface area contributed by atoms with E-state index in [1.807, 2.05) is 31.3 Å². The van der Waals surface area contributed by atoms with Gasteiger partial charge in [-0.05, 0) is 48.7 Å². The Morgan fingerprint density at radius 1 is 1.23 bits per heavy atom. The number of carbonyl (C=O) groups excluding carboxylic acids is 1. The molecule has 0 aliphatic carbocycles. The Balaban J connectivity index is 1.70. The third-order valence-electron chi connectivity index (χ3n) is 3.60. The maximum absolute atomic E-state index is 12.1. The predicted octanol–water partition coefficient (Wildman–Crippen LogP) is 2.89. The lowest BCUT2D eigenvalue weighted by atomic mass is 10.2. The van der Waals surface area contributed by atoms with Crippen molar-refractivity contribution in [3.8, 4) is 0 Å². The molecule has 1 N–H and O–H groups in total. The van der Waals surface area contributed by atoms with Gasteiger partial charge in [-0.1, -0.05) is 12.1 Å². The van der Waals surface area contributed by atoms with Crippen LogP contribution >= 0.6 is 0 Å².